The van der Waals surface area contributed by atoms with E-state index in [0.29, 0.717) is 34.9 Å². The van der Waals surface area contributed by atoms with Crippen LogP contribution in [0.2, 0.25) is 5.02 Å². The Hall–Kier alpha value is -3.09. The Morgan fingerprint density at radius 2 is 1.81 bits per heavy atom. The molecule has 0 aliphatic carbocycles. The monoisotopic (exact) mass is 450 g/mol. The number of nitrogens with zero attached hydrogens (tertiary/aromatic N) is 3. The molecular weight excluding hydrogens is 427 g/mol. The first-order chi connectivity index (χ1) is 15.3. The Morgan fingerprint density at radius 3 is 2.56 bits per heavy atom. The number of rotatable bonds is 6. The van der Waals surface area contributed by atoms with Crippen LogP contribution < -0.4 is 11.3 Å². The van der Waals surface area contributed by atoms with Crippen molar-refractivity contribution in [3.63, 3.8) is 0 Å². The van der Waals surface area contributed by atoms with E-state index in [-0.39, 0.29) is 22.9 Å². The average molecular weight is 451 g/mol. The Labute approximate surface area is 190 Å². The van der Waals surface area contributed by atoms with Gasteiger partial charge in [0.15, 0.2) is 0 Å². The van der Waals surface area contributed by atoms with E-state index in [9.17, 15) is 9.18 Å². The van der Waals surface area contributed by atoms with Gasteiger partial charge in [-0.1, -0.05) is 43.6 Å². The number of hydrogen-bond acceptors (Lipinski definition) is 4. The molecule has 7 heteroatoms. The summed E-state index contributed by atoms with van der Waals surface area (Å²) in [5.41, 5.74) is 8.55. The number of para-hydroxylation sites is 1. The highest BCUT2D eigenvalue weighted by atomic mass is 35.5. The number of fused-ring (bicyclic) bond motifs is 1. The third kappa shape index (κ3) is 4.42. The normalized spacial score (nSPS) is 12.4. The standard InChI is InChI=1S/C25H24ClFN4O/c1-15(2)24(28)21-8-5-6-17(29-21)11-13-23-30-20-12-10-16(27)14-18(20)25(32)31(23)22-9-4-3-7-19(22)26/h3-10,12,14-15,24H,11,13,28H2,1-2H3/t24-/m0/s1. The second-order valence-corrected chi connectivity index (χ2v) is 8.51. The van der Waals surface area contributed by atoms with Gasteiger partial charge in [0, 0.05) is 18.2 Å². The van der Waals surface area contributed by atoms with Crippen molar-refractivity contribution in [2.45, 2.75) is 32.7 Å². The second-order valence-electron chi connectivity index (χ2n) is 8.11. The van der Waals surface area contributed by atoms with Crippen LogP contribution in [0.25, 0.3) is 16.6 Å². The third-order valence-corrected chi connectivity index (χ3v) is 5.81. The molecule has 0 saturated heterocycles. The molecule has 0 fully saturated rings. The van der Waals surface area contributed by atoms with Crippen LogP contribution in [0.15, 0.2) is 65.5 Å². The van der Waals surface area contributed by atoms with Crippen LogP contribution in [-0.2, 0) is 12.8 Å². The number of aromatic nitrogens is 3. The molecule has 2 N–H and O–H groups in total. The van der Waals surface area contributed by atoms with Gasteiger partial charge in [0.1, 0.15) is 11.6 Å². The van der Waals surface area contributed by atoms with Gasteiger partial charge >= 0.3 is 0 Å². The molecule has 0 radical (unpaired) electrons. The van der Waals surface area contributed by atoms with Gasteiger partial charge in [0.2, 0.25) is 0 Å². The molecule has 0 spiro atoms. The lowest BCUT2D eigenvalue weighted by molar-refractivity contribution is 0.501. The SMILES string of the molecule is CC(C)[C@H](N)c1cccc(CCc2nc3ccc(F)cc3c(=O)n2-c2ccccc2Cl)n1. The quantitative estimate of drug-likeness (QED) is 0.448. The molecule has 164 valence electrons. The zero-order valence-electron chi connectivity index (χ0n) is 17.9. The highest BCUT2D eigenvalue weighted by Gasteiger charge is 2.17. The number of pyridine rings is 1. The maximum Gasteiger partial charge on any atom is 0.266 e. The Kier molecular flexibility index (Phi) is 6.35. The summed E-state index contributed by atoms with van der Waals surface area (Å²) >= 11 is 6.40. The summed E-state index contributed by atoms with van der Waals surface area (Å²) in [5, 5.41) is 0.619. The minimum absolute atomic E-state index is 0.148. The first-order valence-electron chi connectivity index (χ1n) is 10.5. The highest BCUT2D eigenvalue weighted by Crippen LogP contribution is 2.22. The summed E-state index contributed by atoms with van der Waals surface area (Å²) in [6.07, 6.45) is 1.00. The topological polar surface area (TPSA) is 73.8 Å². The Balaban J connectivity index is 1.78. The van der Waals surface area contributed by atoms with E-state index in [2.05, 4.69) is 18.8 Å². The maximum atomic E-state index is 13.8. The van der Waals surface area contributed by atoms with Crippen LogP contribution >= 0.6 is 11.6 Å². The lowest BCUT2D eigenvalue weighted by atomic mass is 10.0. The summed E-state index contributed by atoms with van der Waals surface area (Å²) in [6, 6.07) is 16.7. The number of halogens is 2. The van der Waals surface area contributed by atoms with E-state index in [1.165, 1.54) is 22.8 Å². The van der Waals surface area contributed by atoms with Gasteiger partial charge < -0.3 is 5.73 Å². The predicted octanol–water partition coefficient (Wildman–Crippen LogP) is 5.01. The zero-order valence-corrected chi connectivity index (χ0v) is 18.7. The summed E-state index contributed by atoms with van der Waals surface area (Å²) in [6.45, 7) is 4.12. The fourth-order valence-corrected chi connectivity index (χ4v) is 3.88. The van der Waals surface area contributed by atoms with E-state index in [0.717, 1.165) is 11.4 Å². The highest BCUT2D eigenvalue weighted by molar-refractivity contribution is 6.32. The molecule has 4 rings (SSSR count). The summed E-state index contributed by atoms with van der Waals surface area (Å²) < 4.78 is 15.3. The third-order valence-electron chi connectivity index (χ3n) is 5.49. The maximum absolute atomic E-state index is 13.8. The van der Waals surface area contributed by atoms with Crippen molar-refractivity contribution in [2.75, 3.05) is 0 Å². The molecule has 2 aromatic heterocycles. The first kappa shape index (κ1) is 22.1. The minimum Gasteiger partial charge on any atom is -0.322 e. The van der Waals surface area contributed by atoms with Gasteiger partial charge in [-0.3, -0.25) is 14.3 Å². The van der Waals surface area contributed by atoms with Crippen molar-refractivity contribution >= 4 is 22.5 Å². The molecule has 32 heavy (non-hydrogen) atoms. The lowest BCUT2D eigenvalue weighted by Gasteiger charge is -2.17. The smallest absolute Gasteiger partial charge is 0.266 e. The van der Waals surface area contributed by atoms with E-state index >= 15 is 0 Å². The van der Waals surface area contributed by atoms with Crippen molar-refractivity contribution in [1.82, 2.24) is 14.5 Å². The fraction of sp³-hybridized carbons (Fsp3) is 0.240. The molecule has 0 unspecified atom stereocenters. The number of nitrogens with two attached hydrogens (primary N) is 1. The molecule has 0 saturated carbocycles. The van der Waals surface area contributed by atoms with Gasteiger partial charge in [-0.15, -0.1) is 0 Å². The van der Waals surface area contributed by atoms with Crippen molar-refractivity contribution in [2.24, 2.45) is 11.7 Å². The van der Waals surface area contributed by atoms with Crippen LogP contribution in [0.1, 0.15) is 37.1 Å². The van der Waals surface area contributed by atoms with E-state index in [4.69, 9.17) is 22.3 Å². The van der Waals surface area contributed by atoms with Gasteiger partial charge in [-0.2, -0.15) is 0 Å². The molecular formula is C25H24ClFN4O. The lowest BCUT2D eigenvalue weighted by Crippen LogP contribution is -2.25. The van der Waals surface area contributed by atoms with Gasteiger partial charge in [0.05, 0.1) is 27.3 Å². The Morgan fingerprint density at radius 1 is 1.03 bits per heavy atom. The number of aryl methyl sites for hydroxylation is 2. The zero-order chi connectivity index (χ0) is 22.8. The first-order valence-corrected chi connectivity index (χ1v) is 10.9. The molecule has 0 bridgehead atoms. The van der Waals surface area contributed by atoms with Crippen molar-refractivity contribution in [3.8, 4) is 5.69 Å². The molecule has 1 atom stereocenters. The molecule has 2 heterocycles. The number of benzene rings is 2. The van der Waals surface area contributed by atoms with Gasteiger partial charge in [-0.25, -0.2) is 9.37 Å². The largest absolute Gasteiger partial charge is 0.322 e. The van der Waals surface area contributed by atoms with E-state index in [1.807, 2.05) is 18.2 Å². The van der Waals surface area contributed by atoms with Crippen LogP contribution in [0.5, 0.6) is 0 Å². The van der Waals surface area contributed by atoms with Crippen LogP contribution in [-0.4, -0.2) is 14.5 Å². The number of hydrogen-bond donors (Lipinski definition) is 1. The Bertz CT molecular complexity index is 1340. The molecule has 0 aliphatic rings. The molecule has 4 aromatic rings. The molecule has 0 aliphatic heterocycles. The van der Waals surface area contributed by atoms with E-state index in [1.54, 1.807) is 24.3 Å². The van der Waals surface area contributed by atoms with E-state index < -0.39 is 5.82 Å². The minimum atomic E-state index is -0.489. The molecule has 2 aromatic carbocycles. The van der Waals surface area contributed by atoms with Gasteiger partial charge in [0.25, 0.3) is 5.56 Å². The molecule has 5 nitrogen and oxygen atoms in total. The van der Waals surface area contributed by atoms with Crippen LogP contribution in [0, 0.1) is 11.7 Å². The van der Waals surface area contributed by atoms with Crippen molar-refractivity contribution < 1.29 is 4.39 Å². The van der Waals surface area contributed by atoms with Crippen molar-refractivity contribution in [1.29, 1.82) is 0 Å². The fourth-order valence-electron chi connectivity index (χ4n) is 3.66. The molecule has 0 amide bonds. The van der Waals surface area contributed by atoms with Crippen LogP contribution in [0.3, 0.4) is 0 Å². The van der Waals surface area contributed by atoms with Crippen molar-refractivity contribution in [3.05, 3.63) is 99.1 Å². The summed E-state index contributed by atoms with van der Waals surface area (Å²) in [7, 11) is 0. The predicted molar refractivity (Wildman–Crippen MR) is 126 cm³/mol. The van der Waals surface area contributed by atoms with Crippen LogP contribution in [0.4, 0.5) is 4.39 Å². The summed E-state index contributed by atoms with van der Waals surface area (Å²) in [5.74, 6) is 0.311. The average Bonchev–Trinajstić information content (AvgIpc) is 2.78. The second kappa shape index (κ2) is 9.18. The summed E-state index contributed by atoms with van der Waals surface area (Å²) in [4.78, 5) is 22.7. The van der Waals surface area contributed by atoms with Gasteiger partial charge in [-0.05, 0) is 54.8 Å².